The second-order valence-electron chi connectivity index (χ2n) is 5.46. The minimum atomic E-state index is -3.45. The van der Waals surface area contributed by atoms with E-state index in [1.54, 1.807) is 19.2 Å². The van der Waals surface area contributed by atoms with E-state index in [0.29, 0.717) is 34.5 Å². The lowest BCUT2D eigenvalue weighted by molar-refractivity contribution is 0.135. The number of nitrogens with zero attached hydrogens (tertiary/aromatic N) is 1. The van der Waals surface area contributed by atoms with Crippen LogP contribution in [0.15, 0.2) is 40.6 Å². The maximum Gasteiger partial charge on any atom is 0.252 e. The van der Waals surface area contributed by atoms with Crippen molar-refractivity contribution in [1.82, 2.24) is 4.31 Å². The highest BCUT2D eigenvalue weighted by atomic mass is 35.5. The van der Waals surface area contributed by atoms with Gasteiger partial charge in [-0.05, 0) is 49.2 Å². The molecule has 1 aliphatic rings. The molecule has 0 atom stereocenters. The molecular weight excluding hydrogens is 370 g/mol. The number of sulfonamides is 1. The standard InChI is InChI=1S/C16H18ClNO4S2/c1-21-12-2-4-13(5-3-12)22-14-8-10-18(11-9-14)24(19,20)16-7-6-15(17)23-16/h2-7,14H,8-11H2,1H3. The zero-order valence-corrected chi connectivity index (χ0v) is 15.5. The molecule has 1 saturated heterocycles. The van der Waals surface area contributed by atoms with Crippen LogP contribution in [0.1, 0.15) is 12.8 Å². The van der Waals surface area contributed by atoms with Crippen LogP contribution in [0.3, 0.4) is 0 Å². The number of piperidine rings is 1. The topological polar surface area (TPSA) is 55.8 Å². The summed E-state index contributed by atoms with van der Waals surface area (Å²) < 4.78 is 38.4. The van der Waals surface area contributed by atoms with Crippen molar-refractivity contribution in [3.05, 3.63) is 40.7 Å². The van der Waals surface area contributed by atoms with Crippen LogP contribution in [-0.2, 0) is 10.0 Å². The molecule has 0 unspecified atom stereocenters. The van der Waals surface area contributed by atoms with Crippen LogP contribution in [0.2, 0.25) is 4.34 Å². The Kier molecular flexibility index (Phi) is 5.34. The van der Waals surface area contributed by atoms with Gasteiger partial charge in [0.15, 0.2) is 0 Å². The van der Waals surface area contributed by atoms with Gasteiger partial charge >= 0.3 is 0 Å². The molecular formula is C16H18ClNO4S2. The molecule has 2 heterocycles. The molecule has 0 aliphatic carbocycles. The molecule has 0 N–H and O–H groups in total. The number of methoxy groups -OCH3 is 1. The Bertz CT molecular complexity index is 781. The van der Waals surface area contributed by atoms with E-state index in [0.717, 1.165) is 22.8 Å². The number of ether oxygens (including phenoxy) is 2. The van der Waals surface area contributed by atoms with E-state index in [1.165, 1.54) is 4.31 Å². The first-order valence-corrected chi connectivity index (χ1v) is 10.2. The Morgan fingerprint density at radius 1 is 1.08 bits per heavy atom. The molecule has 0 radical (unpaired) electrons. The zero-order chi connectivity index (χ0) is 17.2. The van der Waals surface area contributed by atoms with Gasteiger partial charge in [-0.2, -0.15) is 4.31 Å². The van der Waals surface area contributed by atoms with Gasteiger partial charge in [-0.25, -0.2) is 8.42 Å². The number of benzene rings is 1. The highest BCUT2D eigenvalue weighted by Gasteiger charge is 2.31. The maximum absolute atomic E-state index is 12.6. The summed E-state index contributed by atoms with van der Waals surface area (Å²) in [5, 5.41) is 0. The Morgan fingerprint density at radius 3 is 2.25 bits per heavy atom. The van der Waals surface area contributed by atoms with E-state index in [9.17, 15) is 8.42 Å². The maximum atomic E-state index is 12.6. The third-order valence-corrected chi connectivity index (χ3v) is 7.50. The molecule has 0 amide bonds. The summed E-state index contributed by atoms with van der Waals surface area (Å²) in [5.74, 6) is 1.54. The van der Waals surface area contributed by atoms with Crippen LogP contribution in [0, 0.1) is 0 Å². The van der Waals surface area contributed by atoms with Crippen molar-refractivity contribution in [1.29, 1.82) is 0 Å². The summed E-state index contributed by atoms with van der Waals surface area (Å²) in [4.78, 5) is 0. The summed E-state index contributed by atoms with van der Waals surface area (Å²) in [6.45, 7) is 0.886. The Morgan fingerprint density at radius 2 is 1.71 bits per heavy atom. The van der Waals surface area contributed by atoms with Crippen molar-refractivity contribution in [3.8, 4) is 11.5 Å². The summed E-state index contributed by atoms with van der Waals surface area (Å²) in [5.41, 5.74) is 0. The molecule has 1 aromatic carbocycles. The Balaban J connectivity index is 1.59. The number of rotatable bonds is 5. The lowest BCUT2D eigenvalue weighted by Gasteiger charge is -2.31. The molecule has 2 aromatic rings. The number of hydrogen-bond donors (Lipinski definition) is 0. The van der Waals surface area contributed by atoms with E-state index in [1.807, 2.05) is 24.3 Å². The molecule has 24 heavy (non-hydrogen) atoms. The molecule has 1 fully saturated rings. The van der Waals surface area contributed by atoms with Crippen LogP contribution in [0.25, 0.3) is 0 Å². The highest BCUT2D eigenvalue weighted by Crippen LogP contribution is 2.30. The van der Waals surface area contributed by atoms with Crippen LogP contribution in [-0.4, -0.2) is 39.0 Å². The molecule has 1 aliphatic heterocycles. The van der Waals surface area contributed by atoms with Gasteiger partial charge in [0.25, 0.3) is 10.0 Å². The average molecular weight is 388 g/mol. The summed E-state index contributed by atoms with van der Waals surface area (Å²) in [7, 11) is -1.83. The predicted octanol–water partition coefficient (Wildman–Crippen LogP) is 3.64. The third kappa shape index (κ3) is 3.85. The first kappa shape index (κ1) is 17.5. The second kappa shape index (κ2) is 7.31. The van der Waals surface area contributed by atoms with Gasteiger partial charge in [-0.3, -0.25) is 0 Å². The van der Waals surface area contributed by atoms with Gasteiger partial charge in [0.05, 0.1) is 11.4 Å². The number of halogens is 1. The van der Waals surface area contributed by atoms with E-state index < -0.39 is 10.0 Å². The average Bonchev–Trinajstić information content (AvgIpc) is 3.03. The van der Waals surface area contributed by atoms with E-state index in [2.05, 4.69) is 0 Å². The molecule has 1 aromatic heterocycles. The molecule has 3 rings (SSSR count). The third-order valence-electron chi connectivity index (χ3n) is 3.91. The molecule has 130 valence electrons. The van der Waals surface area contributed by atoms with Crippen LogP contribution >= 0.6 is 22.9 Å². The smallest absolute Gasteiger partial charge is 0.252 e. The van der Waals surface area contributed by atoms with E-state index in [4.69, 9.17) is 21.1 Å². The van der Waals surface area contributed by atoms with Crippen molar-refractivity contribution >= 4 is 33.0 Å². The molecule has 0 bridgehead atoms. The molecule has 5 nitrogen and oxygen atoms in total. The summed E-state index contributed by atoms with van der Waals surface area (Å²) >= 11 is 6.93. The van der Waals surface area contributed by atoms with E-state index >= 15 is 0 Å². The molecule has 0 saturated carbocycles. The van der Waals surface area contributed by atoms with Crippen molar-refractivity contribution in [2.24, 2.45) is 0 Å². The van der Waals surface area contributed by atoms with Crippen molar-refractivity contribution < 1.29 is 17.9 Å². The van der Waals surface area contributed by atoms with Crippen molar-refractivity contribution in [3.63, 3.8) is 0 Å². The fraction of sp³-hybridized carbons (Fsp3) is 0.375. The van der Waals surface area contributed by atoms with Crippen LogP contribution < -0.4 is 9.47 Å². The van der Waals surface area contributed by atoms with Crippen LogP contribution in [0.4, 0.5) is 0 Å². The lowest BCUT2D eigenvalue weighted by atomic mass is 10.1. The largest absolute Gasteiger partial charge is 0.497 e. The van der Waals surface area contributed by atoms with Gasteiger partial charge in [0.1, 0.15) is 21.8 Å². The SMILES string of the molecule is COc1ccc(OC2CCN(S(=O)(=O)c3ccc(Cl)s3)CC2)cc1. The van der Waals surface area contributed by atoms with Gasteiger partial charge in [-0.15, -0.1) is 11.3 Å². The lowest BCUT2D eigenvalue weighted by Crippen LogP contribution is -2.41. The summed E-state index contributed by atoms with van der Waals surface area (Å²) in [6.07, 6.45) is 1.33. The zero-order valence-electron chi connectivity index (χ0n) is 13.1. The minimum Gasteiger partial charge on any atom is -0.497 e. The number of hydrogen-bond acceptors (Lipinski definition) is 5. The molecule has 8 heteroatoms. The molecule has 0 spiro atoms. The Labute approximate surface area is 150 Å². The number of thiophene rings is 1. The van der Waals surface area contributed by atoms with Crippen molar-refractivity contribution in [2.75, 3.05) is 20.2 Å². The van der Waals surface area contributed by atoms with Gasteiger partial charge in [0.2, 0.25) is 0 Å². The first-order valence-electron chi connectivity index (χ1n) is 7.55. The van der Waals surface area contributed by atoms with Crippen LogP contribution in [0.5, 0.6) is 11.5 Å². The fourth-order valence-corrected chi connectivity index (χ4v) is 5.71. The monoisotopic (exact) mass is 387 g/mol. The minimum absolute atomic E-state index is 0.0109. The summed E-state index contributed by atoms with van der Waals surface area (Å²) in [6, 6.07) is 10.6. The normalized spacial score (nSPS) is 16.9. The second-order valence-corrected chi connectivity index (χ2v) is 9.34. The van der Waals surface area contributed by atoms with Gasteiger partial charge in [0, 0.05) is 13.1 Å². The quantitative estimate of drug-likeness (QED) is 0.785. The van der Waals surface area contributed by atoms with Gasteiger partial charge in [-0.1, -0.05) is 11.6 Å². The first-order chi connectivity index (χ1) is 11.5. The van der Waals surface area contributed by atoms with E-state index in [-0.39, 0.29) is 6.10 Å². The fourth-order valence-electron chi connectivity index (χ4n) is 2.60. The predicted molar refractivity (Wildman–Crippen MR) is 94.7 cm³/mol. The van der Waals surface area contributed by atoms with Crippen molar-refractivity contribution in [2.45, 2.75) is 23.2 Å². The Hall–Kier alpha value is -1.28. The highest BCUT2D eigenvalue weighted by molar-refractivity contribution is 7.91. The van der Waals surface area contributed by atoms with Gasteiger partial charge < -0.3 is 9.47 Å².